The van der Waals surface area contributed by atoms with Crippen LogP contribution in [0.2, 0.25) is 0 Å². The number of rotatable bonds is 3. The summed E-state index contributed by atoms with van der Waals surface area (Å²) >= 11 is 0. The van der Waals surface area contributed by atoms with Gasteiger partial charge in [-0.15, -0.1) is 0 Å². The molecule has 2 N–H and O–H groups in total. The number of nitrogens with zero attached hydrogens (tertiary/aromatic N) is 2. The third-order valence-corrected chi connectivity index (χ3v) is 4.23. The highest BCUT2D eigenvalue weighted by Crippen LogP contribution is 2.29. The van der Waals surface area contributed by atoms with Crippen LogP contribution in [0, 0.1) is 0 Å². The fourth-order valence-corrected chi connectivity index (χ4v) is 3.23. The standard InChI is InChI=1S/C15H22N4/c1-19(10-13-7-9-16-11-18-13)14-6-2-4-12-5-3-8-17-15(12)14/h3,5,7-9,11,13-15,17H,2,4,6,10H2,1H3,(H,16,18). The SMILES string of the molecule is CN(CC1C=CNC=N1)C1CCCC2=CC=CNC21. The van der Waals surface area contributed by atoms with E-state index in [9.17, 15) is 0 Å². The van der Waals surface area contributed by atoms with Crippen molar-refractivity contribution in [1.29, 1.82) is 0 Å². The van der Waals surface area contributed by atoms with Gasteiger partial charge >= 0.3 is 0 Å². The van der Waals surface area contributed by atoms with Gasteiger partial charge in [-0.25, -0.2) is 0 Å². The normalized spacial score (nSPS) is 32.5. The minimum absolute atomic E-state index is 0.278. The number of hydrogen-bond acceptors (Lipinski definition) is 4. The van der Waals surface area contributed by atoms with Gasteiger partial charge in [0.15, 0.2) is 0 Å². The van der Waals surface area contributed by atoms with Crippen LogP contribution in [-0.2, 0) is 0 Å². The topological polar surface area (TPSA) is 39.7 Å². The van der Waals surface area contributed by atoms with Crippen LogP contribution in [0.3, 0.4) is 0 Å². The second kappa shape index (κ2) is 5.61. The maximum Gasteiger partial charge on any atom is 0.0871 e. The summed E-state index contributed by atoms with van der Waals surface area (Å²) in [5.74, 6) is 0. The lowest BCUT2D eigenvalue weighted by Crippen LogP contribution is -2.52. The third-order valence-electron chi connectivity index (χ3n) is 4.23. The zero-order valence-corrected chi connectivity index (χ0v) is 11.4. The molecule has 2 aliphatic heterocycles. The lowest BCUT2D eigenvalue weighted by molar-refractivity contribution is 0.179. The Balaban J connectivity index is 1.65. The van der Waals surface area contributed by atoms with E-state index >= 15 is 0 Å². The van der Waals surface area contributed by atoms with Crippen LogP contribution in [0.1, 0.15) is 19.3 Å². The summed E-state index contributed by atoms with van der Waals surface area (Å²) in [5, 5.41) is 6.52. The molecule has 0 aromatic rings. The van der Waals surface area contributed by atoms with Gasteiger partial charge in [-0.2, -0.15) is 0 Å². The summed E-state index contributed by atoms with van der Waals surface area (Å²) in [4.78, 5) is 6.91. The van der Waals surface area contributed by atoms with Crippen molar-refractivity contribution in [3.05, 3.63) is 36.2 Å². The molecule has 0 spiro atoms. The summed E-state index contributed by atoms with van der Waals surface area (Å²) in [6.07, 6.45) is 16.1. The molecule has 1 saturated carbocycles. The van der Waals surface area contributed by atoms with Crippen LogP contribution >= 0.6 is 0 Å². The third kappa shape index (κ3) is 2.73. The molecular formula is C15H22N4. The number of hydrogen-bond donors (Lipinski definition) is 2. The fourth-order valence-electron chi connectivity index (χ4n) is 3.23. The van der Waals surface area contributed by atoms with Crippen LogP contribution in [0.5, 0.6) is 0 Å². The molecule has 0 saturated heterocycles. The molecule has 4 heteroatoms. The monoisotopic (exact) mass is 258 g/mol. The molecule has 0 bridgehead atoms. The van der Waals surface area contributed by atoms with Crippen molar-refractivity contribution in [2.75, 3.05) is 13.6 Å². The molecule has 0 radical (unpaired) electrons. The zero-order valence-electron chi connectivity index (χ0n) is 11.4. The summed E-state index contributed by atoms with van der Waals surface area (Å²) in [6.45, 7) is 0.981. The summed E-state index contributed by atoms with van der Waals surface area (Å²) in [5.41, 5.74) is 1.55. The minimum atomic E-state index is 0.278. The number of dihydropyridines is 1. The van der Waals surface area contributed by atoms with Gasteiger partial charge in [0.1, 0.15) is 0 Å². The molecule has 0 aromatic carbocycles. The largest absolute Gasteiger partial charge is 0.383 e. The van der Waals surface area contributed by atoms with Crippen molar-refractivity contribution in [3.63, 3.8) is 0 Å². The van der Waals surface area contributed by atoms with Gasteiger partial charge in [0, 0.05) is 18.8 Å². The lowest BCUT2D eigenvalue weighted by Gasteiger charge is -2.41. The van der Waals surface area contributed by atoms with Crippen molar-refractivity contribution < 1.29 is 0 Å². The predicted octanol–water partition coefficient (Wildman–Crippen LogP) is 1.40. The van der Waals surface area contributed by atoms with E-state index in [-0.39, 0.29) is 6.04 Å². The summed E-state index contributed by atoms with van der Waals surface area (Å²) < 4.78 is 0. The fraction of sp³-hybridized carbons (Fsp3) is 0.533. The zero-order chi connectivity index (χ0) is 13.1. The first-order valence-electron chi connectivity index (χ1n) is 7.11. The Kier molecular flexibility index (Phi) is 3.69. The maximum atomic E-state index is 4.45. The van der Waals surface area contributed by atoms with Gasteiger partial charge in [0.2, 0.25) is 0 Å². The van der Waals surface area contributed by atoms with E-state index in [1.807, 2.05) is 6.20 Å². The number of nitrogens with one attached hydrogen (secondary N) is 2. The van der Waals surface area contributed by atoms with Gasteiger partial charge in [-0.3, -0.25) is 9.89 Å². The number of allylic oxidation sites excluding steroid dienone is 2. The van der Waals surface area contributed by atoms with E-state index in [1.165, 1.54) is 19.3 Å². The number of likely N-dealkylation sites (N-methyl/N-ethyl adjacent to an activating group) is 1. The van der Waals surface area contributed by atoms with Crippen molar-refractivity contribution in [2.45, 2.75) is 37.4 Å². The Bertz CT molecular complexity index is 423. The Morgan fingerprint density at radius 1 is 1.42 bits per heavy atom. The Labute approximate surface area is 115 Å². The van der Waals surface area contributed by atoms with E-state index < -0.39 is 0 Å². The van der Waals surface area contributed by atoms with Crippen LogP contribution in [0.15, 0.2) is 41.2 Å². The molecule has 0 aromatic heterocycles. The van der Waals surface area contributed by atoms with E-state index in [2.05, 4.69) is 52.0 Å². The van der Waals surface area contributed by atoms with Gasteiger partial charge in [-0.1, -0.05) is 6.08 Å². The van der Waals surface area contributed by atoms with Crippen LogP contribution in [0.4, 0.5) is 0 Å². The highest BCUT2D eigenvalue weighted by molar-refractivity contribution is 5.57. The van der Waals surface area contributed by atoms with Crippen molar-refractivity contribution in [2.24, 2.45) is 4.99 Å². The molecule has 1 aliphatic carbocycles. The average Bonchev–Trinajstić information content (AvgIpc) is 2.47. The summed E-state index contributed by atoms with van der Waals surface area (Å²) in [7, 11) is 2.22. The molecular weight excluding hydrogens is 236 g/mol. The quantitative estimate of drug-likeness (QED) is 0.804. The second-order valence-electron chi connectivity index (χ2n) is 5.52. The highest BCUT2D eigenvalue weighted by atomic mass is 15.2. The number of aliphatic imine (C=N–C) groups is 1. The molecule has 1 fully saturated rings. The van der Waals surface area contributed by atoms with Crippen molar-refractivity contribution >= 4 is 6.34 Å². The molecule has 3 aliphatic rings. The van der Waals surface area contributed by atoms with Crippen LogP contribution in [-0.4, -0.2) is 43.0 Å². The van der Waals surface area contributed by atoms with Gasteiger partial charge in [-0.05, 0) is 50.2 Å². The maximum absolute atomic E-state index is 4.45. The Morgan fingerprint density at radius 3 is 3.21 bits per heavy atom. The summed E-state index contributed by atoms with van der Waals surface area (Å²) in [6, 6.07) is 1.33. The first-order valence-corrected chi connectivity index (χ1v) is 7.11. The molecule has 3 unspecified atom stereocenters. The van der Waals surface area contributed by atoms with E-state index in [1.54, 1.807) is 11.9 Å². The van der Waals surface area contributed by atoms with Crippen molar-refractivity contribution in [3.8, 4) is 0 Å². The molecule has 3 atom stereocenters. The Morgan fingerprint density at radius 2 is 2.37 bits per heavy atom. The highest BCUT2D eigenvalue weighted by Gasteiger charge is 2.32. The average molecular weight is 258 g/mol. The molecule has 102 valence electrons. The van der Waals surface area contributed by atoms with Gasteiger partial charge in [0.05, 0.1) is 18.4 Å². The smallest absolute Gasteiger partial charge is 0.0871 e. The first-order chi connectivity index (χ1) is 9.34. The Hall–Kier alpha value is -1.55. The van der Waals surface area contributed by atoms with E-state index in [0.29, 0.717) is 12.1 Å². The second-order valence-corrected chi connectivity index (χ2v) is 5.52. The molecule has 0 amide bonds. The molecule has 19 heavy (non-hydrogen) atoms. The van der Waals surface area contributed by atoms with Crippen LogP contribution in [0.25, 0.3) is 0 Å². The van der Waals surface area contributed by atoms with Crippen LogP contribution < -0.4 is 10.6 Å². The molecule has 3 rings (SSSR count). The van der Waals surface area contributed by atoms with E-state index in [4.69, 9.17) is 0 Å². The van der Waals surface area contributed by atoms with E-state index in [0.717, 1.165) is 6.54 Å². The van der Waals surface area contributed by atoms with Gasteiger partial charge in [0.25, 0.3) is 0 Å². The number of fused-ring (bicyclic) bond motifs is 1. The molecule has 4 nitrogen and oxygen atoms in total. The molecule has 2 heterocycles. The predicted molar refractivity (Wildman–Crippen MR) is 79.0 cm³/mol. The minimum Gasteiger partial charge on any atom is -0.383 e. The lowest BCUT2D eigenvalue weighted by atomic mass is 9.83. The van der Waals surface area contributed by atoms with Gasteiger partial charge < -0.3 is 10.6 Å². The van der Waals surface area contributed by atoms with Crippen molar-refractivity contribution in [1.82, 2.24) is 15.5 Å². The first kappa shape index (κ1) is 12.5.